The van der Waals surface area contributed by atoms with Crippen LogP contribution in [0.1, 0.15) is 0 Å². The fourth-order valence-electron chi connectivity index (χ4n) is 2.96. The van der Waals surface area contributed by atoms with Crippen LogP contribution in [0.15, 0.2) is 48.5 Å². The number of hydrogen-bond acceptors (Lipinski definition) is 0. The first kappa shape index (κ1) is 16.3. The van der Waals surface area contributed by atoms with Gasteiger partial charge in [-0.3, -0.25) is 0 Å². The van der Waals surface area contributed by atoms with E-state index in [9.17, 15) is 0 Å². The van der Waals surface area contributed by atoms with Gasteiger partial charge in [0.2, 0.25) is 0 Å². The van der Waals surface area contributed by atoms with Crippen molar-refractivity contribution >= 4 is 109 Å². The van der Waals surface area contributed by atoms with Crippen LogP contribution in [0.4, 0.5) is 0 Å². The molecule has 0 aliphatic heterocycles. The molecule has 2 aliphatic rings. The predicted octanol–water partition coefficient (Wildman–Crippen LogP) is 2.40. The van der Waals surface area contributed by atoms with E-state index in [1.165, 1.54) is 44.8 Å². The molecule has 22 heavy (non-hydrogen) atoms. The molecule has 2 aliphatic carbocycles. The van der Waals surface area contributed by atoms with Gasteiger partial charge in [0.1, 0.15) is 0 Å². The summed E-state index contributed by atoms with van der Waals surface area (Å²) in [6.45, 7) is 0. The average molecular weight is 735 g/mol. The Morgan fingerprint density at radius 1 is 0.409 bits per heavy atom. The second kappa shape index (κ2) is 6.28. The van der Waals surface area contributed by atoms with Gasteiger partial charge in [0.25, 0.3) is 0 Å². The molecule has 0 saturated carbocycles. The zero-order valence-electron chi connectivity index (χ0n) is 11.3. The predicted molar refractivity (Wildman–Crippen MR) is 95.1 cm³/mol. The summed E-state index contributed by atoms with van der Waals surface area (Å²) in [5.74, 6) is 0. The topological polar surface area (TPSA) is 0 Å². The Morgan fingerprint density at radius 3 is 0.864 bits per heavy atom. The van der Waals surface area contributed by atoms with Crippen LogP contribution >= 0.6 is 0 Å². The van der Waals surface area contributed by atoms with Gasteiger partial charge in [0.15, 0.2) is 0 Å². The van der Waals surface area contributed by atoms with Crippen molar-refractivity contribution in [1.29, 1.82) is 0 Å². The first-order valence-electron chi connectivity index (χ1n) is 6.72. The van der Waals surface area contributed by atoms with Crippen molar-refractivity contribution in [1.82, 2.24) is 0 Å². The van der Waals surface area contributed by atoms with Crippen molar-refractivity contribution in [2.24, 2.45) is 0 Å². The molecule has 0 radical (unpaired) electrons. The van der Waals surface area contributed by atoms with Crippen LogP contribution in [0.2, 0.25) is 0 Å². The summed E-state index contributed by atoms with van der Waals surface area (Å²) in [6.07, 6.45) is 0. The Bertz CT molecular complexity index is 1140. The number of fused-ring (bicyclic) bond motifs is 2. The first-order valence-corrected chi connectivity index (χ1v) is 11.4. The van der Waals surface area contributed by atoms with Crippen molar-refractivity contribution in [3.05, 3.63) is 71.8 Å². The van der Waals surface area contributed by atoms with Gasteiger partial charge in [-0.15, -0.1) is 0 Å². The SMILES string of the molecule is [Te]=c1c2c(=[Te])c3ccccc3c(=[Te])c=2c(=[Te])c2ccccc12. The first-order chi connectivity index (χ1) is 10.6. The van der Waals surface area contributed by atoms with Gasteiger partial charge in [-0.25, -0.2) is 0 Å². The van der Waals surface area contributed by atoms with Crippen molar-refractivity contribution in [3.8, 4) is 0 Å². The number of rotatable bonds is 0. The molecule has 0 nitrogen and oxygen atoms in total. The van der Waals surface area contributed by atoms with Gasteiger partial charge < -0.3 is 0 Å². The summed E-state index contributed by atoms with van der Waals surface area (Å²) in [5.41, 5.74) is 0. The Balaban J connectivity index is 2.63. The van der Waals surface area contributed by atoms with Crippen LogP contribution in [-0.2, 0) is 0 Å². The minimum absolute atomic E-state index is 1.39. The molecule has 0 heterocycles. The number of benzene rings is 2. The maximum absolute atomic E-state index is 2.26. The molecule has 4 rings (SSSR count). The van der Waals surface area contributed by atoms with Gasteiger partial charge in [-0.1, -0.05) is 0 Å². The van der Waals surface area contributed by atoms with Crippen molar-refractivity contribution in [2.75, 3.05) is 0 Å². The second-order valence-electron chi connectivity index (χ2n) is 5.16. The minimum atomic E-state index is 1.39. The van der Waals surface area contributed by atoms with E-state index >= 15 is 0 Å². The maximum atomic E-state index is 2.26. The number of hydrogen-bond donors (Lipinski definition) is 0. The Hall–Kier alpha value is 0.818. The molecule has 0 saturated heterocycles. The third-order valence-electron chi connectivity index (χ3n) is 3.99. The van der Waals surface area contributed by atoms with E-state index in [1.54, 1.807) is 0 Å². The molecule has 0 amide bonds. The van der Waals surface area contributed by atoms with Crippen LogP contribution in [0.3, 0.4) is 0 Å². The van der Waals surface area contributed by atoms with Gasteiger partial charge in [-0.2, -0.15) is 0 Å². The van der Waals surface area contributed by atoms with Crippen LogP contribution < -0.4 is 0 Å². The summed E-state index contributed by atoms with van der Waals surface area (Å²) >= 11 is 8.75. The second-order valence-corrected chi connectivity index (χ2v) is 9.82. The van der Waals surface area contributed by atoms with E-state index in [1.807, 2.05) is 0 Å². The van der Waals surface area contributed by atoms with E-state index in [4.69, 9.17) is 0 Å². The van der Waals surface area contributed by atoms with Gasteiger partial charge in [-0.05, 0) is 0 Å². The summed E-state index contributed by atoms with van der Waals surface area (Å²) < 4.78 is 5.68. The molecule has 0 fully saturated rings. The average Bonchev–Trinajstić information content (AvgIpc) is 2.56. The third kappa shape index (κ3) is 2.36. The Labute approximate surface area is 178 Å². The fourth-order valence-corrected chi connectivity index (χ4v) is 8.57. The van der Waals surface area contributed by atoms with Crippen LogP contribution in [-0.4, -0.2) is 87.3 Å². The summed E-state index contributed by atoms with van der Waals surface area (Å²) in [6, 6.07) is 17.6. The van der Waals surface area contributed by atoms with Crippen LogP contribution in [0.25, 0.3) is 21.5 Å². The molecule has 104 valence electrons. The van der Waals surface area contributed by atoms with Crippen LogP contribution in [0.5, 0.6) is 0 Å². The monoisotopic (exact) mass is 744 g/mol. The van der Waals surface area contributed by atoms with E-state index < -0.39 is 0 Å². The molecular formula is C18H8Te4. The van der Waals surface area contributed by atoms with E-state index in [0.29, 0.717) is 0 Å². The molecule has 4 heteroatoms. The zero-order valence-corrected chi connectivity index (χ0v) is 20.6. The van der Waals surface area contributed by atoms with Gasteiger partial charge in [0, 0.05) is 0 Å². The molecule has 0 N–H and O–H groups in total. The zero-order chi connectivity index (χ0) is 15.4. The van der Waals surface area contributed by atoms with Gasteiger partial charge >= 0.3 is 181 Å². The van der Waals surface area contributed by atoms with Crippen molar-refractivity contribution in [3.63, 3.8) is 0 Å². The fraction of sp³-hybridized carbons (Fsp3) is 0. The standard InChI is InChI=1S/C18H8Te4/c19-15-9-5-1-2-6-10(9)16(20)14-13(15)17(21)11-7-3-4-8-12(11)18(14)22/h1-8H. The summed E-state index contributed by atoms with van der Waals surface area (Å²) in [5, 5.41) is 8.46. The Morgan fingerprint density at radius 2 is 0.636 bits per heavy atom. The van der Waals surface area contributed by atoms with Crippen molar-refractivity contribution in [2.45, 2.75) is 0 Å². The molecule has 0 spiro atoms. The van der Waals surface area contributed by atoms with E-state index in [-0.39, 0.29) is 0 Å². The molecule has 0 aromatic heterocycles. The molecule has 0 unspecified atom stereocenters. The summed E-state index contributed by atoms with van der Waals surface area (Å²) in [7, 11) is 0. The molecular weight excluding hydrogens is 727 g/mol. The van der Waals surface area contributed by atoms with Gasteiger partial charge in [0.05, 0.1) is 0 Å². The molecule has 2 aromatic carbocycles. The van der Waals surface area contributed by atoms with Crippen molar-refractivity contribution < 1.29 is 0 Å². The quantitative estimate of drug-likeness (QED) is 0.244. The third-order valence-corrected chi connectivity index (χ3v) is 8.83. The molecule has 0 bridgehead atoms. The van der Waals surface area contributed by atoms with E-state index in [2.05, 4.69) is 136 Å². The normalized spacial score (nSPS) is 11.5. The Kier molecular flexibility index (Phi) is 4.65. The molecule has 0 atom stereocenters. The molecule has 2 aromatic rings. The summed E-state index contributed by atoms with van der Waals surface area (Å²) in [4.78, 5) is 0. The van der Waals surface area contributed by atoms with E-state index in [0.717, 1.165) is 0 Å². The van der Waals surface area contributed by atoms with Crippen LogP contribution in [0, 0.1) is 23.2 Å².